The highest BCUT2D eigenvalue weighted by Crippen LogP contribution is 2.29. The normalized spacial score (nSPS) is 15.0. The molecule has 0 heterocycles. The van der Waals surface area contributed by atoms with Crippen molar-refractivity contribution in [2.75, 3.05) is 17.4 Å². The maximum atomic E-state index is 13.5. The van der Waals surface area contributed by atoms with E-state index >= 15 is 0 Å². The molecule has 2 aromatic carbocycles. The lowest BCUT2D eigenvalue weighted by Gasteiger charge is -2.27. The summed E-state index contributed by atoms with van der Waals surface area (Å²) in [6.45, 7) is 6.13. The van der Waals surface area contributed by atoms with Crippen LogP contribution in [0.4, 0.5) is 5.69 Å². The van der Waals surface area contributed by atoms with Crippen LogP contribution in [0.25, 0.3) is 0 Å². The van der Waals surface area contributed by atoms with Crippen LogP contribution in [-0.4, -0.2) is 27.4 Å². The molecule has 0 aliphatic heterocycles. The van der Waals surface area contributed by atoms with Crippen LogP contribution in [0.1, 0.15) is 48.8 Å². The first-order chi connectivity index (χ1) is 14.3. The molecule has 0 unspecified atom stereocenters. The maximum Gasteiger partial charge on any atom is 0.264 e. The Bertz CT molecular complexity index is 978. The minimum atomic E-state index is -3.88. The van der Waals surface area contributed by atoms with Crippen LogP contribution in [0.15, 0.2) is 47.4 Å². The van der Waals surface area contributed by atoms with Gasteiger partial charge in [0.25, 0.3) is 10.0 Å². The molecule has 0 radical (unpaired) electrons. The molecule has 5 nitrogen and oxygen atoms in total. The number of nitrogens with zero attached hydrogens (tertiary/aromatic N) is 1. The third-order valence-corrected chi connectivity index (χ3v) is 7.83. The van der Waals surface area contributed by atoms with Gasteiger partial charge in [-0.15, -0.1) is 0 Å². The number of nitrogens with one attached hydrogen (secondary N) is 1. The Morgan fingerprint density at radius 2 is 1.67 bits per heavy atom. The zero-order valence-corrected chi connectivity index (χ0v) is 19.0. The van der Waals surface area contributed by atoms with Crippen LogP contribution >= 0.6 is 0 Å². The lowest BCUT2D eigenvalue weighted by Crippen LogP contribution is -2.42. The molecule has 1 fully saturated rings. The number of carbonyl (C=O) groups is 1. The predicted octanol–water partition coefficient (Wildman–Crippen LogP) is 4.50. The molecule has 1 saturated carbocycles. The summed E-state index contributed by atoms with van der Waals surface area (Å²) >= 11 is 0. The fraction of sp³-hybridized carbons (Fsp3) is 0.458. The third-order valence-electron chi connectivity index (χ3n) is 6.05. The van der Waals surface area contributed by atoms with E-state index in [9.17, 15) is 13.2 Å². The van der Waals surface area contributed by atoms with E-state index in [1.165, 1.54) is 23.6 Å². The second kappa shape index (κ2) is 9.65. The molecule has 3 rings (SSSR count). The molecule has 1 amide bonds. The van der Waals surface area contributed by atoms with Gasteiger partial charge in [0.15, 0.2) is 0 Å². The van der Waals surface area contributed by atoms with Crippen LogP contribution in [0.3, 0.4) is 0 Å². The van der Waals surface area contributed by atoms with Gasteiger partial charge in [-0.05, 0) is 68.9 Å². The van der Waals surface area contributed by atoms with Gasteiger partial charge in [-0.25, -0.2) is 8.42 Å². The van der Waals surface area contributed by atoms with E-state index in [0.29, 0.717) is 18.2 Å². The van der Waals surface area contributed by atoms with Crippen molar-refractivity contribution in [1.82, 2.24) is 5.32 Å². The Morgan fingerprint density at radius 3 is 2.33 bits per heavy atom. The fourth-order valence-corrected chi connectivity index (χ4v) is 5.46. The highest BCUT2D eigenvalue weighted by Gasteiger charge is 2.28. The Hall–Kier alpha value is -2.34. The van der Waals surface area contributed by atoms with Gasteiger partial charge in [-0.2, -0.15) is 0 Å². The molecular weight excluding hydrogens is 396 g/mol. The molecule has 0 saturated heterocycles. The molecule has 0 bridgehead atoms. The van der Waals surface area contributed by atoms with Gasteiger partial charge in [0.2, 0.25) is 5.91 Å². The number of hydrogen-bond donors (Lipinski definition) is 1. The van der Waals surface area contributed by atoms with Crippen molar-refractivity contribution in [2.24, 2.45) is 5.92 Å². The molecule has 6 heteroatoms. The van der Waals surface area contributed by atoms with E-state index in [0.717, 1.165) is 29.5 Å². The molecule has 1 aliphatic carbocycles. The summed E-state index contributed by atoms with van der Waals surface area (Å²) < 4.78 is 28.2. The molecule has 0 aromatic heterocycles. The van der Waals surface area contributed by atoms with E-state index in [1.54, 1.807) is 30.3 Å². The topological polar surface area (TPSA) is 66.5 Å². The van der Waals surface area contributed by atoms with Gasteiger partial charge in [0.1, 0.15) is 6.54 Å². The Morgan fingerprint density at radius 1 is 1.00 bits per heavy atom. The number of sulfonamides is 1. The van der Waals surface area contributed by atoms with Crippen molar-refractivity contribution in [3.8, 4) is 0 Å². The standard InChI is InChI=1S/C24H32N2O3S/c1-18-12-14-22(15-13-18)30(28,29)26(23-11-7-8-19(2)20(23)3)17-24(27)25-16-21-9-5-4-6-10-21/h7-8,11-15,21H,4-6,9-10,16-17H2,1-3H3,(H,25,27). The number of hydrogen-bond acceptors (Lipinski definition) is 3. The zero-order chi connectivity index (χ0) is 21.7. The summed E-state index contributed by atoms with van der Waals surface area (Å²) in [4.78, 5) is 13.0. The van der Waals surface area contributed by atoms with Crippen LogP contribution in [0.5, 0.6) is 0 Å². The van der Waals surface area contributed by atoms with Crippen molar-refractivity contribution in [3.05, 3.63) is 59.2 Å². The first-order valence-corrected chi connectivity index (χ1v) is 12.2. The van der Waals surface area contributed by atoms with Crippen LogP contribution < -0.4 is 9.62 Å². The number of anilines is 1. The molecule has 0 atom stereocenters. The summed E-state index contributed by atoms with van der Waals surface area (Å²) in [5, 5.41) is 2.97. The van der Waals surface area contributed by atoms with E-state index in [1.807, 2.05) is 32.9 Å². The molecule has 2 aromatic rings. The number of amides is 1. The minimum absolute atomic E-state index is 0.189. The Balaban J connectivity index is 1.86. The predicted molar refractivity (Wildman–Crippen MR) is 121 cm³/mol. The Labute approximate surface area is 180 Å². The van der Waals surface area contributed by atoms with Crippen LogP contribution in [-0.2, 0) is 14.8 Å². The molecule has 30 heavy (non-hydrogen) atoms. The van der Waals surface area contributed by atoms with Crippen LogP contribution in [0, 0.1) is 26.7 Å². The van der Waals surface area contributed by atoms with Crippen molar-refractivity contribution in [3.63, 3.8) is 0 Å². The quantitative estimate of drug-likeness (QED) is 0.706. The first-order valence-electron chi connectivity index (χ1n) is 10.7. The number of carbonyl (C=O) groups excluding carboxylic acids is 1. The first kappa shape index (κ1) is 22.3. The summed E-state index contributed by atoms with van der Waals surface area (Å²) in [7, 11) is -3.88. The van der Waals surface area contributed by atoms with Crippen LogP contribution in [0.2, 0.25) is 0 Å². The van der Waals surface area contributed by atoms with E-state index in [2.05, 4.69) is 5.32 Å². The van der Waals surface area contributed by atoms with Crippen molar-refractivity contribution in [1.29, 1.82) is 0 Å². The van der Waals surface area contributed by atoms with Gasteiger partial charge < -0.3 is 5.32 Å². The van der Waals surface area contributed by atoms with E-state index in [-0.39, 0.29) is 17.3 Å². The van der Waals surface area contributed by atoms with E-state index < -0.39 is 10.0 Å². The highest BCUT2D eigenvalue weighted by atomic mass is 32.2. The maximum absolute atomic E-state index is 13.5. The van der Waals surface area contributed by atoms with Gasteiger partial charge >= 0.3 is 0 Å². The molecular formula is C24H32N2O3S. The number of rotatable bonds is 7. The summed E-state index contributed by atoms with van der Waals surface area (Å²) in [6, 6.07) is 12.3. The second-order valence-corrected chi connectivity index (χ2v) is 10.2. The van der Waals surface area contributed by atoms with Gasteiger partial charge in [-0.1, -0.05) is 49.1 Å². The SMILES string of the molecule is Cc1ccc(S(=O)(=O)N(CC(=O)NCC2CCCCC2)c2cccc(C)c2C)cc1. The van der Waals surface area contributed by atoms with Gasteiger partial charge in [-0.3, -0.25) is 9.10 Å². The van der Waals surface area contributed by atoms with Crippen molar-refractivity contribution >= 4 is 21.6 Å². The van der Waals surface area contributed by atoms with Gasteiger partial charge in [0, 0.05) is 6.54 Å². The third kappa shape index (κ3) is 5.22. The second-order valence-electron chi connectivity index (χ2n) is 8.35. The van der Waals surface area contributed by atoms with Crippen molar-refractivity contribution in [2.45, 2.75) is 57.8 Å². The molecule has 0 spiro atoms. The fourth-order valence-electron chi connectivity index (χ4n) is 3.98. The monoisotopic (exact) mass is 428 g/mol. The van der Waals surface area contributed by atoms with Crippen molar-refractivity contribution < 1.29 is 13.2 Å². The largest absolute Gasteiger partial charge is 0.354 e. The summed E-state index contributed by atoms with van der Waals surface area (Å²) in [5.74, 6) is 0.225. The average molecular weight is 429 g/mol. The molecule has 1 aliphatic rings. The number of aryl methyl sites for hydroxylation is 2. The summed E-state index contributed by atoms with van der Waals surface area (Å²) in [6.07, 6.45) is 5.93. The van der Waals surface area contributed by atoms with E-state index in [4.69, 9.17) is 0 Å². The summed E-state index contributed by atoms with van der Waals surface area (Å²) in [5.41, 5.74) is 3.37. The lowest BCUT2D eigenvalue weighted by molar-refractivity contribution is -0.119. The average Bonchev–Trinajstić information content (AvgIpc) is 2.74. The smallest absolute Gasteiger partial charge is 0.264 e. The zero-order valence-electron chi connectivity index (χ0n) is 18.1. The van der Waals surface area contributed by atoms with Gasteiger partial charge in [0.05, 0.1) is 10.6 Å². The molecule has 1 N–H and O–H groups in total. The lowest BCUT2D eigenvalue weighted by atomic mass is 9.89. The number of benzene rings is 2. The highest BCUT2D eigenvalue weighted by molar-refractivity contribution is 7.92. The molecule has 162 valence electrons. The Kier molecular flexibility index (Phi) is 7.19. The minimum Gasteiger partial charge on any atom is -0.354 e.